The minimum absolute atomic E-state index is 0.135. The van der Waals surface area contributed by atoms with Crippen LogP contribution < -0.4 is 5.32 Å². The molecule has 0 saturated carbocycles. The van der Waals surface area contributed by atoms with Crippen molar-refractivity contribution in [3.05, 3.63) is 47.2 Å². The van der Waals surface area contributed by atoms with E-state index in [9.17, 15) is 4.79 Å². The van der Waals surface area contributed by atoms with Crippen LogP contribution in [0.1, 0.15) is 21.6 Å². The number of anilines is 1. The maximum absolute atomic E-state index is 11.9. The number of nitrogens with zero attached hydrogens (tertiary/aromatic N) is 1. The van der Waals surface area contributed by atoms with E-state index in [1.807, 2.05) is 32.0 Å². The van der Waals surface area contributed by atoms with Crippen LogP contribution in [0.15, 0.2) is 30.3 Å². The number of hydrogen-bond acceptors (Lipinski definition) is 2. The van der Waals surface area contributed by atoms with E-state index < -0.39 is 0 Å². The number of aromatic amines is 1. The minimum Gasteiger partial charge on any atom is -0.305 e. The summed E-state index contributed by atoms with van der Waals surface area (Å²) in [6.45, 7) is 3.79. The SMILES string of the molecule is Cc1cc(NC(=O)c2ccccc2C)n[nH]1. The number of carbonyl (C=O) groups is 1. The molecule has 1 aromatic heterocycles. The number of nitrogens with one attached hydrogen (secondary N) is 2. The van der Waals surface area contributed by atoms with Crippen LogP contribution in [0.2, 0.25) is 0 Å². The monoisotopic (exact) mass is 215 g/mol. The lowest BCUT2D eigenvalue weighted by molar-refractivity contribution is 0.102. The Labute approximate surface area is 93.7 Å². The fraction of sp³-hybridized carbons (Fsp3) is 0.167. The van der Waals surface area contributed by atoms with Crippen molar-refractivity contribution < 1.29 is 4.79 Å². The third-order valence-corrected chi connectivity index (χ3v) is 2.34. The highest BCUT2D eigenvalue weighted by molar-refractivity contribution is 6.04. The molecule has 4 nitrogen and oxygen atoms in total. The molecule has 0 unspecified atom stereocenters. The largest absolute Gasteiger partial charge is 0.305 e. The van der Waals surface area contributed by atoms with E-state index in [0.29, 0.717) is 11.4 Å². The van der Waals surface area contributed by atoms with Crippen LogP contribution >= 0.6 is 0 Å². The molecule has 4 heteroatoms. The Balaban J connectivity index is 2.18. The normalized spacial score (nSPS) is 10.1. The van der Waals surface area contributed by atoms with E-state index in [4.69, 9.17) is 0 Å². The summed E-state index contributed by atoms with van der Waals surface area (Å²) in [5, 5.41) is 9.47. The third-order valence-electron chi connectivity index (χ3n) is 2.34. The molecule has 82 valence electrons. The molecule has 0 aliphatic heterocycles. The Hall–Kier alpha value is -2.10. The summed E-state index contributed by atoms with van der Waals surface area (Å²) in [7, 11) is 0. The number of rotatable bonds is 2. The molecule has 1 heterocycles. The Morgan fingerprint density at radius 2 is 2.06 bits per heavy atom. The zero-order chi connectivity index (χ0) is 11.5. The van der Waals surface area contributed by atoms with Gasteiger partial charge < -0.3 is 5.32 Å². The molecule has 2 rings (SSSR count). The van der Waals surface area contributed by atoms with Gasteiger partial charge in [-0.1, -0.05) is 18.2 Å². The van der Waals surface area contributed by atoms with Crippen LogP contribution in [0.5, 0.6) is 0 Å². The molecule has 0 spiro atoms. The van der Waals surface area contributed by atoms with E-state index >= 15 is 0 Å². The van der Waals surface area contributed by atoms with Gasteiger partial charge in [-0.3, -0.25) is 9.89 Å². The summed E-state index contributed by atoms with van der Waals surface area (Å²) in [5.74, 6) is 0.412. The highest BCUT2D eigenvalue weighted by atomic mass is 16.1. The van der Waals surface area contributed by atoms with Crippen molar-refractivity contribution in [3.8, 4) is 0 Å². The van der Waals surface area contributed by atoms with Crippen LogP contribution in [-0.2, 0) is 0 Å². The van der Waals surface area contributed by atoms with Crippen LogP contribution in [0.25, 0.3) is 0 Å². The van der Waals surface area contributed by atoms with Crippen LogP contribution in [0, 0.1) is 13.8 Å². The summed E-state index contributed by atoms with van der Waals surface area (Å²) in [6.07, 6.45) is 0. The van der Waals surface area contributed by atoms with Crippen molar-refractivity contribution in [2.75, 3.05) is 5.32 Å². The third kappa shape index (κ3) is 2.11. The number of carbonyl (C=O) groups excluding carboxylic acids is 1. The summed E-state index contributed by atoms with van der Waals surface area (Å²) in [5.41, 5.74) is 2.54. The molecule has 2 N–H and O–H groups in total. The number of benzene rings is 1. The van der Waals surface area contributed by atoms with Crippen molar-refractivity contribution in [2.45, 2.75) is 13.8 Å². The van der Waals surface area contributed by atoms with Crippen LogP contribution in [0.4, 0.5) is 5.82 Å². The number of H-pyrrole nitrogens is 1. The zero-order valence-corrected chi connectivity index (χ0v) is 9.24. The van der Waals surface area contributed by atoms with Crippen molar-refractivity contribution in [3.63, 3.8) is 0 Å². The average Bonchev–Trinajstić information content (AvgIpc) is 2.64. The molecule has 0 aliphatic rings. The quantitative estimate of drug-likeness (QED) is 0.807. The molecule has 0 radical (unpaired) electrons. The fourth-order valence-electron chi connectivity index (χ4n) is 1.49. The van der Waals surface area contributed by atoms with E-state index in [1.165, 1.54) is 0 Å². The highest BCUT2D eigenvalue weighted by Gasteiger charge is 2.09. The molecule has 2 aromatic rings. The smallest absolute Gasteiger partial charge is 0.257 e. The van der Waals surface area contributed by atoms with Gasteiger partial charge in [0, 0.05) is 17.3 Å². The molecule has 1 aromatic carbocycles. The second-order valence-electron chi connectivity index (χ2n) is 3.71. The predicted octanol–water partition coefficient (Wildman–Crippen LogP) is 2.28. The van der Waals surface area contributed by atoms with E-state index in [2.05, 4.69) is 15.5 Å². The standard InChI is InChI=1S/C12H13N3O/c1-8-5-3-4-6-10(8)12(16)13-11-7-9(2)14-15-11/h3-7H,1-2H3,(H2,13,14,15,16). The summed E-state index contributed by atoms with van der Waals surface area (Å²) >= 11 is 0. The minimum atomic E-state index is -0.135. The van der Waals surface area contributed by atoms with E-state index in [0.717, 1.165) is 11.3 Å². The van der Waals surface area contributed by atoms with Crippen molar-refractivity contribution >= 4 is 11.7 Å². The molecule has 0 saturated heterocycles. The summed E-state index contributed by atoms with van der Waals surface area (Å²) < 4.78 is 0. The first-order chi connectivity index (χ1) is 7.66. The molecular weight excluding hydrogens is 202 g/mol. The maximum Gasteiger partial charge on any atom is 0.257 e. The Kier molecular flexibility index (Phi) is 2.72. The zero-order valence-electron chi connectivity index (χ0n) is 9.24. The molecule has 16 heavy (non-hydrogen) atoms. The number of amides is 1. The Morgan fingerprint density at radius 1 is 1.31 bits per heavy atom. The Bertz CT molecular complexity index is 516. The van der Waals surface area contributed by atoms with Crippen molar-refractivity contribution in [1.29, 1.82) is 0 Å². The first-order valence-electron chi connectivity index (χ1n) is 5.06. The van der Waals surface area contributed by atoms with Crippen LogP contribution in [-0.4, -0.2) is 16.1 Å². The first kappa shape index (κ1) is 10.4. The van der Waals surface area contributed by atoms with Gasteiger partial charge in [0.1, 0.15) is 0 Å². The van der Waals surface area contributed by atoms with Crippen molar-refractivity contribution in [2.24, 2.45) is 0 Å². The first-order valence-corrected chi connectivity index (χ1v) is 5.06. The topological polar surface area (TPSA) is 57.8 Å². The van der Waals surface area contributed by atoms with Gasteiger partial charge in [-0.05, 0) is 25.5 Å². The fourth-order valence-corrected chi connectivity index (χ4v) is 1.49. The average molecular weight is 215 g/mol. The molecule has 0 fully saturated rings. The van der Waals surface area contributed by atoms with E-state index in [-0.39, 0.29) is 5.91 Å². The van der Waals surface area contributed by atoms with Gasteiger partial charge in [0.05, 0.1) is 0 Å². The van der Waals surface area contributed by atoms with Gasteiger partial charge in [-0.25, -0.2) is 0 Å². The molecule has 1 amide bonds. The van der Waals surface area contributed by atoms with Gasteiger partial charge in [0.25, 0.3) is 5.91 Å². The number of hydrogen-bond donors (Lipinski definition) is 2. The highest BCUT2D eigenvalue weighted by Crippen LogP contribution is 2.10. The van der Waals surface area contributed by atoms with Gasteiger partial charge in [-0.2, -0.15) is 5.10 Å². The maximum atomic E-state index is 11.9. The lowest BCUT2D eigenvalue weighted by atomic mass is 10.1. The molecule has 0 aliphatic carbocycles. The van der Waals surface area contributed by atoms with Gasteiger partial charge in [-0.15, -0.1) is 0 Å². The van der Waals surface area contributed by atoms with Gasteiger partial charge >= 0.3 is 0 Å². The number of aromatic nitrogens is 2. The van der Waals surface area contributed by atoms with Crippen molar-refractivity contribution in [1.82, 2.24) is 10.2 Å². The lowest BCUT2D eigenvalue weighted by Crippen LogP contribution is -2.13. The van der Waals surface area contributed by atoms with E-state index in [1.54, 1.807) is 12.1 Å². The second kappa shape index (κ2) is 4.18. The molecule has 0 atom stereocenters. The lowest BCUT2D eigenvalue weighted by Gasteiger charge is -2.04. The van der Waals surface area contributed by atoms with Gasteiger partial charge in [0.2, 0.25) is 0 Å². The predicted molar refractivity (Wildman–Crippen MR) is 62.5 cm³/mol. The molecular formula is C12H13N3O. The summed E-state index contributed by atoms with van der Waals surface area (Å²) in [4.78, 5) is 11.9. The summed E-state index contributed by atoms with van der Waals surface area (Å²) in [6, 6.07) is 9.24. The number of aryl methyl sites for hydroxylation is 2. The second-order valence-corrected chi connectivity index (χ2v) is 3.71. The van der Waals surface area contributed by atoms with Gasteiger partial charge in [0.15, 0.2) is 5.82 Å². The van der Waals surface area contributed by atoms with Crippen LogP contribution in [0.3, 0.4) is 0 Å². The molecule has 0 bridgehead atoms. The Morgan fingerprint density at radius 3 is 2.69 bits per heavy atom.